The third-order valence-corrected chi connectivity index (χ3v) is 5.52. The zero-order valence-electron chi connectivity index (χ0n) is 10.3. The molecule has 1 saturated carbocycles. The third-order valence-electron chi connectivity index (χ3n) is 3.35. The van der Waals surface area contributed by atoms with Crippen LogP contribution in [0.5, 0.6) is 0 Å². The lowest BCUT2D eigenvalue weighted by atomic mass is 9.88. The molecule has 0 spiro atoms. The molecule has 1 aliphatic rings. The van der Waals surface area contributed by atoms with Gasteiger partial charge < -0.3 is 0 Å². The second-order valence-corrected chi connectivity index (χ2v) is 7.70. The van der Waals surface area contributed by atoms with Gasteiger partial charge in [-0.1, -0.05) is 27.2 Å². The fourth-order valence-electron chi connectivity index (χ4n) is 2.23. The predicted molar refractivity (Wildman–Crippen MR) is 68.2 cm³/mol. The minimum absolute atomic E-state index is 0.00341. The van der Waals surface area contributed by atoms with Crippen molar-refractivity contribution in [2.45, 2.75) is 46.1 Å². The van der Waals surface area contributed by atoms with Crippen molar-refractivity contribution in [2.75, 3.05) is 11.6 Å². The molecule has 1 rings (SSSR count). The van der Waals surface area contributed by atoms with Crippen molar-refractivity contribution in [3.05, 3.63) is 0 Å². The highest BCUT2D eigenvalue weighted by Crippen LogP contribution is 2.37. The molecule has 0 bridgehead atoms. The first kappa shape index (κ1) is 14.3. The third kappa shape index (κ3) is 3.90. The van der Waals surface area contributed by atoms with Crippen LogP contribution in [0.3, 0.4) is 0 Å². The lowest BCUT2D eigenvalue weighted by Gasteiger charge is -2.28. The van der Waals surface area contributed by atoms with Crippen molar-refractivity contribution < 1.29 is 8.42 Å². The lowest BCUT2D eigenvalue weighted by molar-refractivity contribution is 0.312. The molecular weight excluding hydrogens is 246 g/mol. The maximum Gasteiger partial charge on any atom is 0.212 e. The highest BCUT2D eigenvalue weighted by atomic mass is 35.5. The van der Waals surface area contributed by atoms with E-state index < -0.39 is 10.0 Å². The summed E-state index contributed by atoms with van der Waals surface area (Å²) in [5.74, 6) is 0.515. The normalized spacial score (nSPS) is 26.9. The fourth-order valence-corrected chi connectivity index (χ4v) is 4.30. The topological polar surface area (TPSA) is 46.2 Å². The van der Waals surface area contributed by atoms with Crippen LogP contribution < -0.4 is 4.72 Å². The molecule has 5 heteroatoms. The van der Waals surface area contributed by atoms with E-state index in [4.69, 9.17) is 11.6 Å². The molecular formula is C11H22ClNO2S. The van der Waals surface area contributed by atoms with Crippen molar-refractivity contribution in [3.63, 3.8) is 0 Å². The van der Waals surface area contributed by atoms with E-state index in [0.717, 1.165) is 19.3 Å². The van der Waals surface area contributed by atoms with Gasteiger partial charge in [-0.3, -0.25) is 0 Å². The van der Waals surface area contributed by atoms with Crippen LogP contribution in [0.2, 0.25) is 0 Å². The van der Waals surface area contributed by atoms with Crippen molar-refractivity contribution in [1.29, 1.82) is 0 Å². The van der Waals surface area contributed by atoms with Crippen LogP contribution in [0.4, 0.5) is 0 Å². The molecule has 1 fully saturated rings. The molecule has 0 amide bonds. The Bertz CT molecular complexity index is 327. The molecule has 16 heavy (non-hydrogen) atoms. The highest BCUT2D eigenvalue weighted by molar-refractivity contribution is 7.89. The van der Waals surface area contributed by atoms with Gasteiger partial charge in [-0.05, 0) is 24.2 Å². The summed E-state index contributed by atoms with van der Waals surface area (Å²) in [5, 5.41) is 0. The second-order valence-electron chi connectivity index (χ2n) is 5.59. The average molecular weight is 268 g/mol. The summed E-state index contributed by atoms with van der Waals surface area (Å²) in [4.78, 5) is 0. The van der Waals surface area contributed by atoms with Gasteiger partial charge in [-0.15, -0.1) is 11.6 Å². The fraction of sp³-hybridized carbons (Fsp3) is 1.00. The summed E-state index contributed by atoms with van der Waals surface area (Å²) < 4.78 is 26.6. The van der Waals surface area contributed by atoms with Crippen LogP contribution in [0.25, 0.3) is 0 Å². The average Bonchev–Trinajstić information content (AvgIpc) is 2.44. The highest BCUT2D eigenvalue weighted by Gasteiger charge is 2.36. The van der Waals surface area contributed by atoms with E-state index in [9.17, 15) is 8.42 Å². The van der Waals surface area contributed by atoms with Gasteiger partial charge in [0.15, 0.2) is 0 Å². The zero-order valence-corrected chi connectivity index (χ0v) is 11.9. The number of hydrogen-bond donors (Lipinski definition) is 1. The van der Waals surface area contributed by atoms with E-state index in [-0.39, 0.29) is 23.1 Å². The van der Waals surface area contributed by atoms with Crippen molar-refractivity contribution >= 4 is 21.6 Å². The molecule has 2 unspecified atom stereocenters. The van der Waals surface area contributed by atoms with Gasteiger partial charge in [-0.2, -0.15) is 0 Å². The molecule has 0 aromatic rings. The minimum atomic E-state index is -3.18. The van der Waals surface area contributed by atoms with E-state index in [2.05, 4.69) is 18.6 Å². The lowest BCUT2D eigenvalue weighted by Crippen LogP contribution is -2.43. The molecule has 96 valence electrons. The van der Waals surface area contributed by atoms with E-state index in [0.29, 0.717) is 5.88 Å². The molecule has 2 atom stereocenters. The first-order valence-electron chi connectivity index (χ1n) is 5.83. The van der Waals surface area contributed by atoms with Gasteiger partial charge in [-0.25, -0.2) is 13.1 Å². The Hall–Kier alpha value is 0.200. The summed E-state index contributed by atoms with van der Waals surface area (Å²) in [6.45, 7) is 6.10. The Balaban J connectivity index is 2.59. The SMILES string of the molecule is CC(CCl)CS(=O)(=O)NC1CCCC1(C)C. The van der Waals surface area contributed by atoms with E-state index in [1.54, 1.807) is 0 Å². The molecule has 0 radical (unpaired) electrons. The summed E-state index contributed by atoms with van der Waals surface area (Å²) in [5.41, 5.74) is 0.0806. The van der Waals surface area contributed by atoms with Crippen LogP contribution in [0.15, 0.2) is 0 Å². The van der Waals surface area contributed by atoms with Gasteiger partial charge in [0.2, 0.25) is 10.0 Å². The number of halogens is 1. The summed E-state index contributed by atoms with van der Waals surface area (Å²) in [7, 11) is -3.18. The van der Waals surface area contributed by atoms with Gasteiger partial charge in [0, 0.05) is 11.9 Å². The molecule has 0 aromatic heterocycles. The van der Waals surface area contributed by atoms with Gasteiger partial charge in [0.05, 0.1) is 5.75 Å². The first-order valence-corrected chi connectivity index (χ1v) is 8.01. The maximum absolute atomic E-state index is 11.9. The number of rotatable bonds is 5. The quantitative estimate of drug-likeness (QED) is 0.778. The molecule has 1 aliphatic carbocycles. The molecule has 0 aliphatic heterocycles. The van der Waals surface area contributed by atoms with E-state index >= 15 is 0 Å². The molecule has 0 saturated heterocycles. The van der Waals surface area contributed by atoms with Crippen molar-refractivity contribution in [3.8, 4) is 0 Å². The Morgan fingerprint density at radius 2 is 2.12 bits per heavy atom. The first-order chi connectivity index (χ1) is 7.27. The van der Waals surface area contributed by atoms with Crippen LogP contribution >= 0.6 is 11.6 Å². The summed E-state index contributed by atoms with van der Waals surface area (Å²) >= 11 is 5.64. The van der Waals surface area contributed by atoms with Crippen LogP contribution in [0, 0.1) is 11.3 Å². The minimum Gasteiger partial charge on any atom is -0.212 e. The van der Waals surface area contributed by atoms with E-state index in [1.165, 1.54) is 0 Å². The molecule has 1 N–H and O–H groups in total. The monoisotopic (exact) mass is 267 g/mol. The summed E-state index contributed by atoms with van der Waals surface area (Å²) in [6, 6.07) is 0.0834. The number of sulfonamides is 1. The molecule has 0 aromatic carbocycles. The summed E-state index contributed by atoms with van der Waals surface area (Å²) in [6.07, 6.45) is 3.14. The second kappa shape index (κ2) is 5.23. The van der Waals surface area contributed by atoms with Crippen molar-refractivity contribution in [2.24, 2.45) is 11.3 Å². The maximum atomic E-state index is 11.9. The number of nitrogens with one attached hydrogen (secondary N) is 1. The predicted octanol–water partition coefficient (Wildman–Crippen LogP) is 2.36. The van der Waals surface area contributed by atoms with Crippen LogP contribution in [-0.2, 0) is 10.0 Å². The van der Waals surface area contributed by atoms with Crippen LogP contribution in [-0.4, -0.2) is 26.1 Å². The Labute approximate surface area is 104 Å². The van der Waals surface area contributed by atoms with Gasteiger partial charge in [0.25, 0.3) is 0 Å². The largest absolute Gasteiger partial charge is 0.212 e. The van der Waals surface area contributed by atoms with Gasteiger partial charge >= 0.3 is 0 Å². The number of hydrogen-bond acceptors (Lipinski definition) is 2. The molecule has 3 nitrogen and oxygen atoms in total. The van der Waals surface area contributed by atoms with Gasteiger partial charge in [0.1, 0.15) is 0 Å². The Morgan fingerprint density at radius 3 is 2.56 bits per heavy atom. The smallest absolute Gasteiger partial charge is 0.212 e. The standard InChI is InChI=1S/C11H22ClNO2S/c1-9(7-12)8-16(14,15)13-10-5-4-6-11(10,2)3/h9-10,13H,4-8H2,1-3H3. The Morgan fingerprint density at radius 1 is 1.50 bits per heavy atom. The van der Waals surface area contributed by atoms with Crippen molar-refractivity contribution in [1.82, 2.24) is 4.72 Å². The zero-order chi connectivity index (χ0) is 12.4. The number of alkyl halides is 1. The van der Waals surface area contributed by atoms with E-state index in [1.807, 2.05) is 6.92 Å². The molecule has 0 heterocycles. The Kier molecular flexibility index (Phi) is 4.66. The van der Waals surface area contributed by atoms with Crippen LogP contribution in [0.1, 0.15) is 40.0 Å².